The third kappa shape index (κ3) is 4.61. The lowest BCUT2D eigenvalue weighted by atomic mass is 9.93. The van der Waals surface area contributed by atoms with Gasteiger partial charge in [-0.3, -0.25) is 0 Å². The Balaban J connectivity index is 1.29. The molecule has 2 nitrogen and oxygen atoms in total. The van der Waals surface area contributed by atoms with Crippen molar-refractivity contribution in [2.45, 2.75) is 0 Å². The van der Waals surface area contributed by atoms with Crippen LogP contribution in [-0.2, 0) is 0 Å². The smallest absolute Gasteiger partial charge is 0.227 e. The van der Waals surface area contributed by atoms with Gasteiger partial charge in [-0.1, -0.05) is 115 Å². The van der Waals surface area contributed by atoms with Gasteiger partial charge in [0.1, 0.15) is 5.52 Å². The number of hydrogen-bond acceptors (Lipinski definition) is 3. The standard InChI is InChI=1S/C43H27NOS/c1-4-12-28(13-5-1)33-24-35(30-16-8-3-9-17-30)41-37(26-33)38-27-34(29-14-6-2-7-15-29)25-36(42(38)46-41)31-20-22-32(23-21-31)43-44-39-18-10-11-19-40(39)45-43/h1-27H. The zero-order valence-corrected chi connectivity index (χ0v) is 25.7. The molecule has 0 radical (unpaired) electrons. The van der Waals surface area contributed by atoms with Crippen LogP contribution in [0.5, 0.6) is 0 Å². The van der Waals surface area contributed by atoms with Gasteiger partial charge in [-0.15, -0.1) is 11.3 Å². The maximum Gasteiger partial charge on any atom is 0.227 e. The van der Waals surface area contributed by atoms with Crippen molar-refractivity contribution in [2.75, 3.05) is 0 Å². The van der Waals surface area contributed by atoms with Gasteiger partial charge in [0.15, 0.2) is 5.58 Å². The Kier molecular flexibility index (Phi) is 6.36. The van der Waals surface area contributed by atoms with E-state index in [0.717, 1.165) is 16.7 Å². The summed E-state index contributed by atoms with van der Waals surface area (Å²) in [6.07, 6.45) is 0. The Morgan fingerprint density at radius 3 is 1.39 bits per heavy atom. The van der Waals surface area contributed by atoms with Crippen molar-refractivity contribution in [3.8, 4) is 56.0 Å². The maximum atomic E-state index is 6.08. The van der Waals surface area contributed by atoms with Gasteiger partial charge in [0, 0.05) is 36.9 Å². The Morgan fingerprint density at radius 1 is 0.391 bits per heavy atom. The first-order valence-corrected chi connectivity index (χ1v) is 16.3. The fraction of sp³-hybridized carbons (Fsp3) is 0. The van der Waals surface area contributed by atoms with E-state index in [1.807, 2.05) is 35.6 Å². The molecule has 0 bridgehead atoms. The Labute approximate surface area is 270 Å². The van der Waals surface area contributed by atoms with E-state index in [-0.39, 0.29) is 0 Å². The second kappa shape index (κ2) is 11.0. The van der Waals surface area contributed by atoms with Gasteiger partial charge in [0.2, 0.25) is 5.89 Å². The first-order chi connectivity index (χ1) is 22.8. The summed E-state index contributed by atoms with van der Waals surface area (Å²) >= 11 is 1.89. The Morgan fingerprint density at radius 2 is 0.848 bits per heavy atom. The molecule has 0 amide bonds. The SMILES string of the molecule is c1ccc(-c2cc(-c3ccccc3)c3sc4c(-c5ccc(-c6nc7ccccc7o6)cc5)cc(-c5ccccc5)cc4c3c2)cc1. The summed E-state index contributed by atoms with van der Waals surface area (Å²) in [5, 5.41) is 2.55. The lowest BCUT2D eigenvalue weighted by Gasteiger charge is -2.10. The second-order valence-electron chi connectivity index (χ2n) is 11.6. The van der Waals surface area contributed by atoms with Gasteiger partial charge in [0.05, 0.1) is 0 Å². The summed E-state index contributed by atoms with van der Waals surface area (Å²) in [5.41, 5.74) is 12.4. The third-order valence-corrected chi connectivity index (χ3v) is 10.00. The van der Waals surface area contributed by atoms with Gasteiger partial charge in [-0.05, 0) is 81.9 Å². The van der Waals surface area contributed by atoms with Gasteiger partial charge in [-0.25, -0.2) is 4.98 Å². The van der Waals surface area contributed by atoms with Crippen molar-refractivity contribution in [3.05, 3.63) is 164 Å². The number of hydrogen-bond donors (Lipinski definition) is 0. The van der Waals surface area contributed by atoms with Crippen molar-refractivity contribution in [1.82, 2.24) is 4.98 Å². The molecule has 9 aromatic rings. The molecule has 2 heterocycles. The van der Waals surface area contributed by atoms with Crippen molar-refractivity contribution < 1.29 is 4.42 Å². The average Bonchev–Trinajstić information content (AvgIpc) is 3.74. The van der Waals surface area contributed by atoms with Crippen LogP contribution in [-0.4, -0.2) is 4.98 Å². The van der Waals surface area contributed by atoms with Crippen LogP contribution < -0.4 is 0 Å². The summed E-state index contributed by atoms with van der Waals surface area (Å²) in [6, 6.07) is 58.2. The monoisotopic (exact) mass is 605 g/mol. The summed E-state index contributed by atoms with van der Waals surface area (Å²) in [4.78, 5) is 4.73. The van der Waals surface area contributed by atoms with Crippen LogP contribution in [0.25, 0.3) is 87.2 Å². The molecule has 0 unspecified atom stereocenters. The van der Waals surface area contributed by atoms with E-state index >= 15 is 0 Å². The highest BCUT2D eigenvalue weighted by molar-refractivity contribution is 7.27. The molecule has 0 aliphatic rings. The predicted molar refractivity (Wildman–Crippen MR) is 194 cm³/mol. The van der Waals surface area contributed by atoms with Gasteiger partial charge in [-0.2, -0.15) is 0 Å². The molecule has 0 spiro atoms. The molecule has 0 saturated heterocycles. The number of para-hydroxylation sites is 2. The van der Waals surface area contributed by atoms with Crippen LogP contribution in [0.2, 0.25) is 0 Å². The Bertz CT molecular complexity index is 2460. The van der Waals surface area contributed by atoms with E-state index in [0.29, 0.717) is 5.89 Å². The molecule has 0 N–H and O–H groups in total. The van der Waals surface area contributed by atoms with E-state index in [4.69, 9.17) is 9.40 Å². The zero-order valence-electron chi connectivity index (χ0n) is 24.9. The fourth-order valence-corrected chi connectivity index (χ4v) is 7.74. The fourth-order valence-electron chi connectivity index (χ4n) is 6.41. The van der Waals surface area contributed by atoms with Crippen LogP contribution in [0.3, 0.4) is 0 Å². The predicted octanol–water partition coefficient (Wildman–Crippen LogP) is 12.5. The molecular formula is C43H27NOS. The van der Waals surface area contributed by atoms with E-state index in [1.165, 1.54) is 64.7 Å². The zero-order chi connectivity index (χ0) is 30.5. The third-order valence-electron chi connectivity index (χ3n) is 8.71. The molecule has 0 fully saturated rings. The number of rotatable bonds is 5. The molecule has 0 aliphatic carbocycles. The van der Waals surface area contributed by atoms with E-state index < -0.39 is 0 Å². The molecule has 3 heteroatoms. The summed E-state index contributed by atoms with van der Waals surface area (Å²) in [6.45, 7) is 0. The lowest BCUT2D eigenvalue weighted by Crippen LogP contribution is -1.85. The second-order valence-corrected chi connectivity index (χ2v) is 12.6. The van der Waals surface area contributed by atoms with Crippen LogP contribution in [0.1, 0.15) is 0 Å². The number of oxazole rings is 1. The van der Waals surface area contributed by atoms with Crippen molar-refractivity contribution in [1.29, 1.82) is 0 Å². The van der Waals surface area contributed by atoms with Crippen molar-refractivity contribution in [3.63, 3.8) is 0 Å². The van der Waals surface area contributed by atoms with Gasteiger partial charge >= 0.3 is 0 Å². The van der Waals surface area contributed by atoms with Crippen LogP contribution in [0, 0.1) is 0 Å². The molecule has 0 saturated carbocycles. The summed E-state index contributed by atoms with van der Waals surface area (Å²) < 4.78 is 8.67. The number of fused-ring (bicyclic) bond motifs is 4. The van der Waals surface area contributed by atoms with E-state index in [2.05, 4.69) is 140 Å². The molecule has 2 aromatic heterocycles. The number of aromatic nitrogens is 1. The average molecular weight is 606 g/mol. The molecule has 9 rings (SSSR count). The molecular weight excluding hydrogens is 579 g/mol. The highest BCUT2D eigenvalue weighted by Gasteiger charge is 2.18. The largest absolute Gasteiger partial charge is 0.436 e. The molecule has 0 atom stereocenters. The Hall–Kier alpha value is -5.77. The first kappa shape index (κ1) is 26.6. The minimum absolute atomic E-state index is 0.638. The molecule has 216 valence electrons. The summed E-state index contributed by atoms with van der Waals surface area (Å²) in [5.74, 6) is 0.638. The highest BCUT2D eigenvalue weighted by Crippen LogP contribution is 2.47. The normalized spacial score (nSPS) is 11.5. The number of benzene rings is 7. The van der Waals surface area contributed by atoms with Crippen LogP contribution >= 0.6 is 11.3 Å². The number of nitrogens with zero attached hydrogens (tertiary/aromatic N) is 1. The number of thiophene rings is 1. The molecule has 0 aliphatic heterocycles. The lowest BCUT2D eigenvalue weighted by molar-refractivity contribution is 0.620. The quantitative estimate of drug-likeness (QED) is 0.195. The maximum absolute atomic E-state index is 6.08. The topological polar surface area (TPSA) is 26.0 Å². The van der Waals surface area contributed by atoms with Crippen molar-refractivity contribution in [2.24, 2.45) is 0 Å². The molecule has 7 aromatic carbocycles. The summed E-state index contributed by atoms with van der Waals surface area (Å²) in [7, 11) is 0. The van der Waals surface area contributed by atoms with Crippen LogP contribution in [0.4, 0.5) is 0 Å². The van der Waals surface area contributed by atoms with Gasteiger partial charge in [0.25, 0.3) is 0 Å². The molecule has 46 heavy (non-hydrogen) atoms. The van der Waals surface area contributed by atoms with Gasteiger partial charge < -0.3 is 4.42 Å². The van der Waals surface area contributed by atoms with Crippen molar-refractivity contribution >= 4 is 42.6 Å². The minimum Gasteiger partial charge on any atom is -0.436 e. The first-order valence-electron chi connectivity index (χ1n) is 15.5. The van der Waals surface area contributed by atoms with Crippen LogP contribution in [0.15, 0.2) is 168 Å². The minimum atomic E-state index is 0.638. The highest BCUT2D eigenvalue weighted by atomic mass is 32.1. The van der Waals surface area contributed by atoms with E-state index in [1.54, 1.807) is 0 Å². The van der Waals surface area contributed by atoms with E-state index in [9.17, 15) is 0 Å².